The third kappa shape index (κ3) is 3.10. The Morgan fingerprint density at radius 1 is 1.07 bits per heavy atom. The fourth-order valence-electron chi connectivity index (χ4n) is 3.02. The van der Waals surface area contributed by atoms with Crippen LogP contribution >= 0.6 is 12.2 Å². The third-order valence-corrected chi connectivity index (χ3v) is 4.92. The van der Waals surface area contributed by atoms with Crippen molar-refractivity contribution in [2.24, 2.45) is 0 Å². The standard InChI is InChI=1S/C20H18N2O4S/c1-21-16(11-13-3-8-17-18(12-13)26-10-9-25-17)19(23)22(20(21)27)14-4-6-15(24-2)7-5-14/h3-8,11-12H,9-10H2,1-2H3/b16-11+. The maximum atomic E-state index is 13.0. The van der Waals surface area contributed by atoms with Crippen LogP contribution in [-0.4, -0.2) is 43.3 Å². The van der Waals surface area contributed by atoms with Crippen LogP contribution in [0.25, 0.3) is 6.08 Å². The zero-order valence-electron chi connectivity index (χ0n) is 15.0. The van der Waals surface area contributed by atoms with E-state index in [-0.39, 0.29) is 5.91 Å². The Bertz CT molecular complexity index is 939. The molecule has 0 unspecified atom stereocenters. The molecule has 0 N–H and O–H groups in total. The summed E-state index contributed by atoms with van der Waals surface area (Å²) in [6, 6.07) is 12.8. The van der Waals surface area contributed by atoms with E-state index < -0.39 is 0 Å². The first kappa shape index (κ1) is 17.4. The second-order valence-corrected chi connectivity index (χ2v) is 6.48. The number of nitrogens with zero attached hydrogens (tertiary/aromatic N) is 2. The molecule has 4 rings (SSSR count). The van der Waals surface area contributed by atoms with Crippen molar-refractivity contribution in [1.29, 1.82) is 0 Å². The molecule has 0 aliphatic carbocycles. The first-order valence-corrected chi connectivity index (χ1v) is 8.87. The van der Waals surface area contributed by atoms with E-state index in [1.807, 2.05) is 30.3 Å². The lowest BCUT2D eigenvalue weighted by Crippen LogP contribution is -2.31. The fourth-order valence-corrected chi connectivity index (χ4v) is 3.31. The number of fused-ring (bicyclic) bond motifs is 1. The summed E-state index contributed by atoms with van der Waals surface area (Å²) < 4.78 is 16.3. The van der Waals surface area contributed by atoms with Gasteiger partial charge in [0.25, 0.3) is 5.91 Å². The molecule has 27 heavy (non-hydrogen) atoms. The summed E-state index contributed by atoms with van der Waals surface area (Å²) in [7, 11) is 3.39. The highest BCUT2D eigenvalue weighted by Crippen LogP contribution is 2.33. The number of hydrogen-bond donors (Lipinski definition) is 0. The molecular formula is C20H18N2O4S. The van der Waals surface area contributed by atoms with Crippen LogP contribution in [0.5, 0.6) is 17.2 Å². The largest absolute Gasteiger partial charge is 0.497 e. The predicted molar refractivity (Wildman–Crippen MR) is 106 cm³/mol. The number of carbonyl (C=O) groups excluding carboxylic acids is 1. The zero-order valence-corrected chi connectivity index (χ0v) is 15.8. The lowest BCUT2D eigenvalue weighted by molar-refractivity contribution is -0.114. The fraction of sp³-hybridized carbons (Fsp3) is 0.200. The molecule has 2 aliphatic rings. The summed E-state index contributed by atoms with van der Waals surface area (Å²) >= 11 is 5.49. The average molecular weight is 382 g/mol. The molecule has 138 valence electrons. The van der Waals surface area contributed by atoms with Crippen LogP contribution in [0.15, 0.2) is 48.2 Å². The molecule has 1 amide bonds. The molecular weight excluding hydrogens is 364 g/mol. The van der Waals surface area contributed by atoms with Gasteiger partial charge in [-0.3, -0.25) is 9.69 Å². The van der Waals surface area contributed by atoms with Crippen LogP contribution in [0, 0.1) is 0 Å². The van der Waals surface area contributed by atoms with Gasteiger partial charge in [0.2, 0.25) is 0 Å². The van der Waals surface area contributed by atoms with Gasteiger partial charge in [-0.15, -0.1) is 0 Å². The van der Waals surface area contributed by atoms with Gasteiger partial charge >= 0.3 is 0 Å². The van der Waals surface area contributed by atoms with Crippen LogP contribution in [0.1, 0.15) is 5.56 Å². The van der Waals surface area contributed by atoms with Gasteiger partial charge in [-0.05, 0) is 60.3 Å². The highest BCUT2D eigenvalue weighted by atomic mass is 32.1. The van der Waals surface area contributed by atoms with Crippen molar-refractivity contribution in [1.82, 2.24) is 4.90 Å². The lowest BCUT2D eigenvalue weighted by atomic mass is 10.1. The molecule has 0 spiro atoms. The van der Waals surface area contributed by atoms with Crippen LogP contribution < -0.4 is 19.1 Å². The molecule has 0 saturated carbocycles. The van der Waals surface area contributed by atoms with E-state index in [0.717, 1.165) is 11.3 Å². The third-order valence-electron chi connectivity index (χ3n) is 4.46. The lowest BCUT2D eigenvalue weighted by Gasteiger charge is -2.18. The molecule has 7 heteroatoms. The minimum Gasteiger partial charge on any atom is -0.497 e. The second-order valence-electron chi connectivity index (χ2n) is 6.11. The molecule has 6 nitrogen and oxygen atoms in total. The van der Waals surface area contributed by atoms with Gasteiger partial charge in [-0.1, -0.05) is 6.07 Å². The van der Waals surface area contributed by atoms with E-state index >= 15 is 0 Å². The first-order chi connectivity index (χ1) is 13.1. The predicted octanol–water partition coefficient (Wildman–Crippen LogP) is 3.07. The van der Waals surface area contributed by atoms with Crippen molar-refractivity contribution in [3.63, 3.8) is 0 Å². The molecule has 0 atom stereocenters. The zero-order chi connectivity index (χ0) is 19.0. The quantitative estimate of drug-likeness (QED) is 0.601. The molecule has 1 fully saturated rings. The number of carbonyl (C=O) groups is 1. The number of thiocarbonyl (C=S) groups is 1. The normalized spacial score (nSPS) is 17.6. The molecule has 1 saturated heterocycles. The van der Waals surface area contributed by atoms with E-state index in [0.29, 0.717) is 41.2 Å². The van der Waals surface area contributed by atoms with Crippen LogP contribution in [0.2, 0.25) is 0 Å². The molecule has 2 aromatic rings. The Labute approximate surface area is 162 Å². The topological polar surface area (TPSA) is 51.2 Å². The van der Waals surface area contributed by atoms with Crippen molar-refractivity contribution in [3.8, 4) is 17.2 Å². The molecule has 0 aromatic heterocycles. The van der Waals surface area contributed by atoms with E-state index in [1.54, 1.807) is 37.3 Å². The number of benzene rings is 2. The number of anilines is 1. The molecule has 2 aliphatic heterocycles. The smallest absolute Gasteiger partial charge is 0.281 e. The van der Waals surface area contributed by atoms with Gasteiger partial charge in [0.05, 0.1) is 12.8 Å². The minimum absolute atomic E-state index is 0.178. The molecule has 2 heterocycles. The van der Waals surface area contributed by atoms with Gasteiger partial charge in [0.1, 0.15) is 24.7 Å². The van der Waals surface area contributed by atoms with Crippen molar-refractivity contribution in [3.05, 3.63) is 53.7 Å². The van der Waals surface area contributed by atoms with Crippen molar-refractivity contribution in [2.75, 3.05) is 32.3 Å². The van der Waals surface area contributed by atoms with Gasteiger partial charge in [-0.25, -0.2) is 0 Å². The SMILES string of the molecule is COc1ccc(N2C(=O)/C(=C\c3ccc4c(c3)OCCO4)N(C)C2=S)cc1. The second kappa shape index (κ2) is 6.92. The molecule has 2 aromatic carbocycles. The number of methoxy groups -OCH3 is 1. The van der Waals surface area contributed by atoms with E-state index in [9.17, 15) is 4.79 Å². The van der Waals surface area contributed by atoms with Crippen LogP contribution in [0.3, 0.4) is 0 Å². The van der Waals surface area contributed by atoms with Gasteiger partial charge in [0, 0.05) is 7.05 Å². The summed E-state index contributed by atoms with van der Waals surface area (Å²) in [6.07, 6.45) is 1.80. The van der Waals surface area contributed by atoms with Crippen LogP contribution in [-0.2, 0) is 4.79 Å². The maximum absolute atomic E-state index is 13.0. The summed E-state index contributed by atoms with van der Waals surface area (Å²) in [5.41, 5.74) is 2.03. The number of rotatable bonds is 3. The van der Waals surface area contributed by atoms with Gasteiger partial charge in [0.15, 0.2) is 16.6 Å². The van der Waals surface area contributed by atoms with E-state index in [1.165, 1.54) is 4.90 Å². The Kier molecular flexibility index (Phi) is 4.45. The Morgan fingerprint density at radius 2 is 1.78 bits per heavy atom. The van der Waals surface area contributed by atoms with Gasteiger partial charge < -0.3 is 19.1 Å². The van der Waals surface area contributed by atoms with Crippen LogP contribution in [0.4, 0.5) is 5.69 Å². The highest BCUT2D eigenvalue weighted by molar-refractivity contribution is 7.80. The van der Waals surface area contributed by atoms with Crippen molar-refractivity contribution < 1.29 is 19.0 Å². The van der Waals surface area contributed by atoms with E-state index in [4.69, 9.17) is 26.4 Å². The average Bonchev–Trinajstić information content (AvgIpc) is 2.91. The number of likely N-dealkylation sites (N-methyl/N-ethyl adjacent to an activating group) is 1. The molecule has 0 bridgehead atoms. The summed E-state index contributed by atoms with van der Waals surface area (Å²) in [5.74, 6) is 1.93. The highest BCUT2D eigenvalue weighted by Gasteiger charge is 2.36. The number of hydrogen-bond acceptors (Lipinski definition) is 5. The van der Waals surface area contributed by atoms with Crippen molar-refractivity contribution in [2.45, 2.75) is 0 Å². The Morgan fingerprint density at radius 3 is 2.48 bits per heavy atom. The first-order valence-electron chi connectivity index (χ1n) is 8.46. The summed E-state index contributed by atoms with van der Waals surface area (Å²) in [6.45, 7) is 1.06. The van der Waals surface area contributed by atoms with E-state index in [2.05, 4.69) is 0 Å². The molecule has 0 radical (unpaired) electrons. The number of amides is 1. The maximum Gasteiger partial charge on any atom is 0.281 e. The monoisotopic (exact) mass is 382 g/mol. The number of ether oxygens (including phenoxy) is 3. The summed E-state index contributed by atoms with van der Waals surface area (Å²) in [5, 5.41) is 0.425. The Hall–Kier alpha value is -3.06. The van der Waals surface area contributed by atoms with Crippen molar-refractivity contribution >= 4 is 35.0 Å². The summed E-state index contributed by atoms with van der Waals surface area (Å²) in [4.78, 5) is 16.2. The minimum atomic E-state index is -0.178. The van der Waals surface area contributed by atoms with Gasteiger partial charge in [-0.2, -0.15) is 0 Å². The Balaban J connectivity index is 1.66.